The first-order chi connectivity index (χ1) is 12.6. The number of amides is 1. The van der Waals surface area contributed by atoms with Crippen molar-refractivity contribution in [2.45, 2.75) is 26.3 Å². The normalized spacial score (nSPS) is 15.2. The average molecular weight is 376 g/mol. The number of rotatable bonds is 6. The lowest BCUT2D eigenvalue weighted by Gasteiger charge is -2.33. The highest BCUT2D eigenvalue weighted by molar-refractivity contribution is 7.71. The number of aromatic amines is 1. The van der Waals surface area contributed by atoms with Gasteiger partial charge in [-0.2, -0.15) is 5.10 Å². The van der Waals surface area contributed by atoms with Gasteiger partial charge in [0.25, 0.3) is 0 Å². The Hall–Kier alpha value is -2.26. The van der Waals surface area contributed by atoms with Crippen molar-refractivity contribution >= 4 is 29.6 Å². The summed E-state index contributed by atoms with van der Waals surface area (Å²) < 4.78 is 2.20. The third kappa shape index (κ3) is 4.47. The molecule has 26 heavy (non-hydrogen) atoms. The fourth-order valence-electron chi connectivity index (χ4n) is 2.95. The molecule has 1 fully saturated rings. The number of pyridine rings is 1. The third-order valence-electron chi connectivity index (χ3n) is 4.47. The molecule has 3 rings (SSSR count). The smallest absolute Gasteiger partial charge is 0.244 e. The number of carbonyl (C=O) groups excluding carboxylic acids is 1. The van der Waals surface area contributed by atoms with Crippen LogP contribution in [0.2, 0.25) is 0 Å². The molecule has 3 heterocycles. The van der Waals surface area contributed by atoms with Crippen molar-refractivity contribution in [3.63, 3.8) is 0 Å². The molecule has 0 unspecified atom stereocenters. The van der Waals surface area contributed by atoms with Gasteiger partial charge in [-0.05, 0) is 37.8 Å². The SMILES string of the molecule is CCCc1n[nH]c(=S)n1CC(=O)Nc1ccc(N2CCN(C)CC2)nc1. The lowest BCUT2D eigenvalue weighted by Crippen LogP contribution is -2.44. The molecule has 0 aliphatic carbocycles. The monoisotopic (exact) mass is 375 g/mol. The molecule has 2 aromatic rings. The maximum absolute atomic E-state index is 12.3. The zero-order valence-electron chi connectivity index (χ0n) is 15.2. The van der Waals surface area contributed by atoms with Gasteiger partial charge in [-0.25, -0.2) is 4.98 Å². The van der Waals surface area contributed by atoms with Gasteiger partial charge in [-0.15, -0.1) is 0 Å². The maximum atomic E-state index is 12.3. The molecule has 1 amide bonds. The number of aryl methyl sites for hydroxylation is 1. The van der Waals surface area contributed by atoms with E-state index in [0.717, 1.165) is 50.7 Å². The minimum atomic E-state index is -0.144. The zero-order chi connectivity index (χ0) is 18.5. The molecule has 0 atom stereocenters. The Morgan fingerprint density at radius 1 is 1.31 bits per heavy atom. The van der Waals surface area contributed by atoms with Crippen LogP contribution in [0.4, 0.5) is 11.5 Å². The van der Waals surface area contributed by atoms with E-state index >= 15 is 0 Å². The Bertz CT molecular complexity index is 790. The molecular weight excluding hydrogens is 350 g/mol. The van der Waals surface area contributed by atoms with E-state index in [-0.39, 0.29) is 12.5 Å². The fraction of sp³-hybridized carbons (Fsp3) is 0.529. The number of aromatic nitrogens is 4. The zero-order valence-corrected chi connectivity index (χ0v) is 16.1. The highest BCUT2D eigenvalue weighted by atomic mass is 32.1. The van der Waals surface area contributed by atoms with Crippen LogP contribution >= 0.6 is 12.2 Å². The van der Waals surface area contributed by atoms with Crippen LogP contribution in [-0.2, 0) is 17.8 Å². The van der Waals surface area contributed by atoms with E-state index in [9.17, 15) is 4.79 Å². The summed E-state index contributed by atoms with van der Waals surface area (Å²) in [6, 6.07) is 3.84. The number of piperazine rings is 1. The number of anilines is 2. The number of H-pyrrole nitrogens is 1. The molecule has 2 N–H and O–H groups in total. The lowest BCUT2D eigenvalue weighted by atomic mass is 10.3. The summed E-state index contributed by atoms with van der Waals surface area (Å²) in [5.41, 5.74) is 0.680. The van der Waals surface area contributed by atoms with Gasteiger partial charge in [0, 0.05) is 32.6 Å². The Labute approximate surface area is 158 Å². The number of hydrogen-bond acceptors (Lipinski definition) is 6. The molecule has 140 valence electrons. The molecule has 0 bridgehead atoms. The van der Waals surface area contributed by atoms with E-state index in [1.54, 1.807) is 10.8 Å². The van der Waals surface area contributed by atoms with Gasteiger partial charge in [-0.3, -0.25) is 14.5 Å². The topological polar surface area (TPSA) is 82.1 Å². The number of hydrogen-bond donors (Lipinski definition) is 2. The molecule has 1 aliphatic heterocycles. The first-order valence-electron chi connectivity index (χ1n) is 8.90. The van der Waals surface area contributed by atoms with Gasteiger partial charge < -0.3 is 15.1 Å². The molecule has 9 heteroatoms. The van der Waals surface area contributed by atoms with Crippen molar-refractivity contribution in [2.75, 3.05) is 43.4 Å². The summed E-state index contributed by atoms with van der Waals surface area (Å²) >= 11 is 5.21. The van der Waals surface area contributed by atoms with Crippen LogP contribution in [0, 0.1) is 4.77 Å². The average Bonchev–Trinajstić information content (AvgIpc) is 2.97. The van der Waals surface area contributed by atoms with Gasteiger partial charge in [0.1, 0.15) is 18.2 Å². The molecule has 1 aliphatic rings. The summed E-state index contributed by atoms with van der Waals surface area (Å²) in [5.74, 6) is 1.60. The van der Waals surface area contributed by atoms with Crippen LogP contribution in [0.1, 0.15) is 19.2 Å². The van der Waals surface area contributed by atoms with E-state index in [2.05, 4.69) is 44.3 Å². The molecular formula is C17H25N7OS. The Balaban J connectivity index is 1.60. The number of nitrogens with zero attached hydrogens (tertiary/aromatic N) is 5. The molecule has 1 saturated heterocycles. The minimum absolute atomic E-state index is 0.144. The van der Waals surface area contributed by atoms with Crippen molar-refractivity contribution in [3.8, 4) is 0 Å². The van der Waals surface area contributed by atoms with Crippen LogP contribution in [-0.4, -0.2) is 63.8 Å². The molecule has 0 spiro atoms. The number of carbonyl (C=O) groups is 1. The summed E-state index contributed by atoms with van der Waals surface area (Å²) in [6.45, 7) is 6.21. The first-order valence-corrected chi connectivity index (χ1v) is 9.31. The second kappa shape index (κ2) is 8.41. The summed E-state index contributed by atoms with van der Waals surface area (Å²) in [7, 11) is 2.13. The molecule has 0 saturated carbocycles. The van der Waals surface area contributed by atoms with Crippen molar-refractivity contribution in [1.29, 1.82) is 0 Å². The molecule has 0 aromatic carbocycles. The van der Waals surface area contributed by atoms with Crippen molar-refractivity contribution in [1.82, 2.24) is 24.6 Å². The van der Waals surface area contributed by atoms with Crippen molar-refractivity contribution in [2.24, 2.45) is 0 Å². The van der Waals surface area contributed by atoms with Gasteiger partial charge in [-0.1, -0.05) is 6.92 Å². The van der Waals surface area contributed by atoms with Crippen LogP contribution in [0.25, 0.3) is 0 Å². The van der Waals surface area contributed by atoms with Crippen molar-refractivity contribution < 1.29 is 4.79 Å². The van der Waals surface area contributed by atoms with Gasteiger partial charge in [0.15, 0.2) is 4.77 Å². The van der Waals surface area contributed by atoms with Crippen LogP contribution in [0.15, 0.2) is 18.3 Å². The van der Waals surface area contributed by atoms with Gasteiger partial charge in [0.05, 0.1) is 11.9 Å². The second-order valence-corrected chi connectivity index (χ2v) is 6.91. The Morgan fingerprint density at radius 2 is 2.08 bits per heavy atom. The lowest BCUT2D eigenvalue weighted by molar-refractivity contribution is -0.116. The molecule has 8 nitrogen and oxygen atoms in total. The maximum Gasteiger partial charge on any atom is 0.244 e. The van der Waals surface area contributed by atoms with Gasteiger partial charge >= 0.3 is 0 Å². The van der Waals surface area contributed by atoms with E-state index in [4.69, 9.17) is 12.2 Å². The first kappa shape index (κ1) is 18.5. The van der Waals surface area contributed by atoms with E-state index in [1.807, 2.05) is 12.1 Å². The van der Waals surface area contributed by atoms with Crippen LogP contribution < -0.4 is 10.2 Å². The molecule has 2 aromatic heterocycles. The van der Waals surface area contributed by atoms with E-state index in [1.165, 1.54) is 0 Å². The Kier molecular flexibility index (Phi) is 6.00. The number of likely N-dealkylation sites (N-methyl/N-ethyl adjacent to an activating group) is 1. The highest BCUT2D eigenvalue weighted by Gasteiger charge is 2.15. The van der Waals surface area contributed by atoms with Crippen molar-refractivity contribution in [3.05, 3.63) is 28.9 Å². The predicted molar refractivity (Wildman–Crippen MR) is 104 cm³/mol. The van der Waals surface area contributed by atoms with Gasteiger partial charge in [0.2, 0.25) is 5.91 Å². The molecule has 0 radical (unpaired) electrons. The largest absolute Gasteiger partial charge is 0.354 e. The third-order valence-corrected chi connectivity index (χ3v) is 4.78. The summed E-state index contributed by atoms with van der Waals surface area (Å²) in [5, 5.41) is 9.81. The fourth-order valence-corrected chi connectivity index (χ4v) is 3.17. The summed E-state index contributed by atoms with van der Waals surface area (Å²) in [4.78, 5) is 21.4. The van der Waals surface area contributed by atoms with Crippen LogP contribution in [0.3, 0.4) is 0 Å². The van der Waals surface area contributed by atoms with Crippen LogP contribution in [0.5, 0.6) is 0 Å². The quantitative estimate of drug-likeness (QED) is 0.748. The summed E-state index contributed by atoms with van der Waals surface area (Å²) in [6.07, 6.45) is 3.42. The van der Waals surface area contributed by atoms with E-state index in [0.29, 0.717) is 10.5 Å². The second-order valence-electron chi connectivity index (χ2n) is 6.52. The number of nitrogens with one attached hydrogen (secondary N) is 2. The standard InChI is InChI=1S/C17H25N7OS/c1-3-4-15-20-21-17(26)24(15)12-16(25)19-13-5-6-14(18-11-13)23-9-7-22(2)8-10-23/h5-6,11H,3-4,7-10,12H2,1-2H3,(H,19,25)(H,21,26). The predicted octanol–water partition coefficient (Wildman–Crippen LogP) is 1.68. The minimum Gasteiger partial charge on any atom is -0.354 e. The Morgan fingerprint density at radius 3 is 2.73 bits per heavy atom. The van der Waals surface area contributed by atoms with E-state index < -0.39 is 0 Å². The highest BCUT2D eigenvalue weighted by Crippen LogP contribution is 2.16.